The van der Waals surface area contributed by atoms with Crippen LogP contribution < -0.4 is 5.73 Å². The number of methoxy groups -OCH3 is 1. The third-order valence-corrected chi connectivity index (χ3v) is 4.23. The van der Waals surface area contributed by atoms with Crippen LogP contribution in [0.1, 0.15) is 30.1 Å². The van der Waals surface area contributed by atoms with Gasteiger partial charge in [-0.1, -0.05) is 18.2 Å². The van der Waals surface area contributed by atoms with E-state index in [0.717, 1.165) is 35.0 Å². The van der Waals surface area contributed by atoms with E-state index < -0.39 is 5.41 Å². The summed E-state index contributed by atoms with van der Waals surface area (Å²) >= 11 is 0. The molecule has 1 fully saturated rings. The van der Waals surface area contributed by atoms with Crippen molar-refractivity contribution < 1.29 is 9.53 Å². The Labute approximate surface area is 111 Å². The van der Waals surface area contributed by atoms with Gasteiger partial charge < -0.3 is 15.5 Å². The largest absolute Gasteiger partial charge is 0.469 e. The number of H-pyrrole nitrogens is 1. The lowest BCUT2D eigenvalue weighted by Gasteiger charge is -2.21. The van der Waals surface area contributed by atoms with Crippen molar-refractivity contribution in [3.8, 4) is 0 Å². The minimum atomic E-state index is -0.523. The predicted molar refractivity (Wildman–Crippen MR) is 73.6 cm³/mol. The average molecular weight is 258 g/mol. The minimum absolute atomic E-state index is 0.190. The number of para-hydroxylation sites is 1. The van der Waals surface area contributed by atoms with E-state index in [0.29, 0.717) is 0 Å². The first-order valence-corrected chi connectivity index (χ1v) is 6.51. The van der Waals surface area contributed by atoms with E-state index >= 15 is 0 Å². The number of ether oxygens (including phenoxy) is 1. The standard InChI is InChI=1S/C15H18N2O2/c1-9-12(10-5-3-4-6-11(10)17-9)13(16)15(7-8-15)14(18)19-2/h3-6,13,17H,7-8,16H2,1-2H3. The van der Waals surface area contributed by atoms with E-state index in [2.05, 4.69) is 4.98 Å². The molecule has 3 rings (SSSR count). The summed E-state index contributed by atoms with van der Waals surface area (Å²) in [6, 6.07) is 7.73. The van der Waals surface area contributed by atoms with Crippen LogP contribution >= 0.6 is 0 Å². The Morgan fingerprint density at radius 3 is 2.74 bits per heavy atom. The SMILES string of the molecule is COC(=O)C1(C(N)c2c(C)[nH]c3ccccc23)CC1. The van der Waals surface area contributed by atoms with Crippen LogP contribution in [0.15, 0.2) is 24.3 Å². The molecule has 1 aliphatic rings. The van der Waals surface area contributed by atoms with Crippen molar-refractivity contribution >= 4 is 16.9 Å². The number of aryl methyl sites for hydroxylation is 1. The molecule has 1 atom stereocenters. The quantitative estimate of drug-likeness (QED) is 0.831. The van der Waals surface area contributed by atoms with Crippen LogP contribution in [0.2, 0.25) is 0 Å². The highest BCUT2D eigenvalue weighted by Gasteiger charge is 2.56. The number of hydrogen-bond donors (Lipinski definition) is 2. The number of rotatable bonds is 3. The Hall–Kier alpha value is -1.81. The molecule has 4 nitrogen and oxygen atoms in total. The third-order valence-electron chi connectivity index (χ3n) is 4.23. The van der Waals surface area contributed by atoms with Crippen LogP contribution in [0.5, 0.6) is 0 Å². The first-order valence-electron chi connectivity index (χ1n) is 6.51. The fraction of sp³-hybridized carbons (Fsp3) is 0.400. The Morgan fingerprint density at radius 2 is 2.11 bits per heavy atom. The van der Waals surface area contributed by atoms with Gasteiger partial charge in [-0.05, 0) is 31.4 Å². The Bertz CT molecular complexity index is 641. The van der Waals surface area contributed by atoms with Crippen LogP contribution in [0.3, 0.4) is 0 Å². The molecule has 1 aliphatic carbocycles. The summed E-state index contributed by atoms with van der Waals surface area (Å²) in [5.74, 6) is -0.190. The molecule has 4 heteroatoms. The summed E-state index contributed by atoms with van der Waals surface area (Å²) in [7, 11) is 1.43. The summed E-state index contributed by atoms with van der Waals surface area (Å²) in [5.41, 5.74) is 9.01. The van der Waals surface area contributed by atoms with Gasteiger partial charge in [0.15, 0.2) is 0 Å². The van der Waals surface area contributed by atoms with E-state index in [9.17, 15) is 4.79 Å². The van der Waals surface area contributed by atoms with Crippen LogP contribution in [0, 0.1) is 12.3 Å². The molecular weight excluding hydrogens is 240 g/mol. The second-order valence-electron chi connectivity index (χ2n) is 5.33. The number of nitrogens with one attached hydrogen (secondary N) is 1. The lowest BCUT2D eigenvalue weighted by atomic mass is 9.89. The van der Waals surface area contributed by atoms with E-state index in [4.69, 9.17) is 10.5 Å². The van der Waals surface area contributed by atoms with E-state index in [1.54, 1.807) is 0 Å². The zero-order valence-corrected chi connectivity index (χ0v) is 11.2. The van der Waals surface area contributed by atoms with E-state index in [1.807, 2.05) is 31.2 Å². The summed E-state index contributed by atoms with van der Waals surface area (Å²) in [5, 5.41) is 1.10. The molecule has 1 aromatic carbocycles. The van der Waals surface area contributed by atoms with Gasteiger partial charge in [-0.15, -0.1) is 0 Å². The van der Waals surface area contributed by atoms with Crippen molar-refractivity contribution in [2.24, 2.45) is 11.1 Å². The molecule has 1 saturated carbocycles. The molecule has 0 aliphatic heterocycles. The number of aromatic amines is 1. The maximum atomic E-state index is 12.0. The number of hydrogen-bond acceptors (Lipinski definition) is 3. The van der Waals surface area contributed by atoms with Crippen molar-refractivity contribution in [1.82, 2.24) is 4.98 Å². The molecule has 3 N–H and O–H groups in total. The molecule has 1 aromatic heterocycles. The fourth-order valence-electron chi connectivity index (χ4n) is 2.96. The molecule has 1 heterocycles. The number of esters is 1. The highest BCUT2D eigenvalue weighted by molar-refractivity contribution is 5.88. The number of nitrogens with two attached hydrogens (primary N) is 1. The maximum Gasteiger partial charge on any atom is 0.313 e. The topological polar surface area (TPSA) is 68.1 Å². The predicted octanol–water partition coefficient (Wildman–Crippen LogP) is 2.43. The molecule has 0 bridgehead atoms. The first-order chi connectivity index (χ1) is 9.10. The lowest BCUT2D eigenvalue weighted by molar-refractivity contribution is -0.148. The van der Waals surface area contributed by atoms with Crippen molar-refractivity contribution in [2.45, 2.75) is 25.8 Å². The summed E-state index contributed by atoms with van der Waals surface area (Å²) in [6.45, 7) is 2.00. The number of aromatic nitrogens is 1. The molecule has 1 unspecified atom stereocenters. The summed E-state index contributed by atoms with van der Waals surface area (Å²) < 4.78 is 4.92. The number of carbonyl (C=O) groups excluding carboxylic acids is 1. The van der Waals surface area contributed by atoms with Gasteiger partial charge in [-0.3, -0.25) is 4.79 Å². The smallest absolute Gasteiger partial charge is 0.313 e. The molecule has 0 spiro atoms. The van der Waals surface area contributed by atoms with Crippen LogP contribution in [0.4, 0.5) is 0 Å². The zero-order valence-electron chi connectivity index (χ0n) is 11.2. The maximum absolute atomic E-state index is 12.0. The van der Waals surface area contributed by atoms with Gasteiger partial charge in [-0.25, -0.2) is 0 Å². The van der Waals surface area contributed by atoms with Gasteiger partial charge in [0, 0.05) is 22.6 Å². The normalized spacial score (nSPS) is 18.3. The Balaban J connectivity index is 2.10. The zero-order chi connectivity index (χ0) is 13.6. The molecule has 2 aromatic rings. The van der Waals surface area contributed by atoms with Gasteiger partial charge >= 0.3 is 5.97 Å². The average Bonchev–Trinajstić information content (AvgIpc) is 3.15. The van der Waals surface area contributed by atoms with Gasteiger partial charge in [0.1, 0.15) is 0 Å². The first kappa shape index (κ1) is 12.2. The van der Waals surface area contributed by atoms with Gasteiger partial charge in [0.25, 0.3) is 0 Å². The number of fused-ring (bicyclic) bond motifs is 1. The second kappa shape index (κ2) is 4.10. The Kier molecular flexibility index (Phi) is 2.64. The van der Waals surface area contributed by atoms with Gasteiger partial charge in [0.2, 0.25) is 0 Å². The summed E-state index contributed by atoms with van der Waals surface area (Å²) in [4.78, 5) is 15.3. The van der Waals surface area contributed by atoms with Crippen molar-refractivity contribution in [1.29, 1.82) is 0 Å². The molecule has 100 valence electrons. The van der Waals surface area contributed by atoms with Crippen LogP contribution in [0.25, 0.3) is 10.9 Å². The van der Waals surface area contributed by atoms with Gasteiger partial charge in [-0.2, -0.15) is 0 Å². The Morgan fingerprint density at radius 1 is 1.42 bits per heavy atom. The number of benzene rings is 1. The minimum Gasteiger partial charge on any atom is -0.469 e. The molecule has 19 heavy (non-hydrogen) atoms. The van der Waals surface area contributed by atoms with E-state index in [1.165, 1.54) is 7.11 Å². The summed E-state index contributed by atoms with van der Waals surface area (Å²) in [6.07, 6.45) is 1.61. The second-order valence-corrected chi connectivity index (χ2v) is 5.33. The molecule has 0 saturated heterocycles. The lowest BCUT2D eigenvalue weighted by Crippen LogP contribution is -2.31. The third kappa shape index (κ3) is 1.67. The van der Waals surface area contributed by atoms with Gasteiger partial charge in [0.05, 0.1) is 12.5 Å². The van der Waals surface area contributed by atoms with Crippen molar-refractivity contribution in [3.63, 3.8) is 0 Å². The molecule has 0 amide bonds. The molecular formula is C15H18N2O2. The highest BCUT2D eigenvalue weighted by Crippen LogP contribution is 2.56. The highest BCUT2D eigenvalue weighted by atomic mass is 16.5. The van der Waals surface area contributed by atoms with Crippen LogP contribution in [-0.4, -0.2) is 18.1 Å². The van der Waals surface area contributed by atoms with Crippen LogP contribution in [-0.2, 0) is 9.53 Å². The van der Waals surface area contributed by atoms with E-state index in [-0.39, 0.29) is 12.0 Å². The fourth-order valence-corrected chi connectivity index (χ4v) is 2.96. The molecule has 0 radical (unpaired) electrons. The van der Waals surface area contributed by atoms with Crippen molar-refractivity contribution in [3.05, 3.63) is 35.5 Å². The number of carbonyl (C=O) groups is 1. The monoisotopic (exact) mass is 258 g/mol. The van der Waals surface area contributed by atoms with Crippen molar-refractivity contribution in [2.75, 3.05) is 7.11 Å².